The van der Waals surface area contributed by atoms with Gasteiger partial charge in [0.2, 0.25) is 0 Å². The van der Waals surface area contributed by atoms with Gasteiger partial charge >= 0.3 is 6.09 Å². The monoisotopic (exact) mass is 139 g/mol. The number of carbonyl (C=O) groups is 1. The number of carbonyl (C=O) groups excluding carboxylic acids is 1. The molecule has 1 aliphatic carbocycles. The zero-order valence-electron chi connectivity index (χ0n) is 5.54. The van der Waals surface area contributed by atoms with Crippen molar-refractivity contribution in [1.29, 1.82) is 0 Å². The minimum absolute atomic E-state index is 0.0949. The third kappa shape index (κ3) is 0.781. The Labute approximate surface area is 59.1 Å². The van der Waals surface area contributed by atoms with Crippen LogP contribution in [0.2, 0.25) is 0 Å². The highest BCUT2D eigenvalue weighted by atomic mass is 16.6. The summed E-state index contributed by atoms with van der Waals surface area (Å²) in [5.41, 5.74) is 0. The number of hydrogen-bond donors (Lipinski definition) is 1. The molecule has 54 valence electrons. The Morgan fingerprint density at radius 2 is 2.60 bits per heavy atom. The normalized spacial score (nSPS) is 36.6. The summed E-state index contributed by atoms with van der Waals surface area (Å²) >= 11 is 0. The Morgan fingerprint density at radius 3 is 3.40 bits per heavy atom. The molecule has 2 aliphatic rings. The number of fused-ring (bicyclic) bond motifs is 1. The molecule has 3 heteroatoms. The minimum atomic E-state index is -0.276. The van der Waals surface area contributed by atoms with Gasteiger partial charge in [0.25, 0.3) is 0 Å². The highest BCUT2D eigenvalue weighted by molar-refractivity contribution is 5.70. The van der Waals surface area contributed by atoms with E-state index in [1.54, 1.807) is 0 Å². The first-order chi connectivity index (χ1) is 4.86. The number of ether oxygens (including phenoxy) is 1. The number of allylic oxidation sites excluding steroid dienone is 1. The van der Waals surface area contributed by atoms with E-state index in [0.29, 0.717) is 0 Å². The van der Waals surface area contributed by atoms with Gasteiger partial charge < -0.3 is 10.1 Å². The molecule has 0 saturated carbocycles. The smallest absolute Gasteiger partial charge is 0.408 e. The van der Waals surface area contributed by atoms with Crippen molar-refractivity contribution in [2.75, 3.05) is 0 Å². The lowest BCUT2D eigenvalue weighted by Gasteiger charge is -2.15. The molecule has 1 heterocycles. The van der Waals surface area contributed by atoms with E-state index < -0.39 is 0 Å². The summed E-state index contributed by atoms with van der Waals surface area (Å²) in [7, 11) is 0. The molecule has 1 N–H and O–H groups in total. The van der Waals surface area contributed by atoms with E-state index >= 15 is 0 Å². The summed E-state index contributed by atoms with van der Waals surface area (Å²) in [6.45, 7) is 0. The van der Waals surface area contributed by atoms with Gasteiger partial charge in [-0.1, -0.05) is 12.2 Å². The van der Waals surface area contributed by atoms with Gasteiger partial charge in [-0.05, 0) is 12.8 Å². The van der Waals surface area contributed by atoms with E-state index in [1.807, 2.05) is 6.08 Å². The molecule has 2 rings (SSSR count). The fraction of sp³-hybridized carbons (Fsp3) is 0.571. The Bertz CT molecular complexity index is 188. The van der Waals surface area contributed by atoms with Gasteiger partial charge in [-0.2, -0.15) is 0 Å². The van der Waals surface area contributed by atoms with Gasteiger partial charge in [0, 0.05) is 0 Å². The molecule has 1 fully saturated rings. The summed E-state index contributed by atoms with van der Waals surface area (Å²) in [6.07, 6.45) is 5.88. The van der Waals surface area contributed by atoms with Crippen LogP contribution in [0.25, 0.3) is 0 Å². The van der Waals surface area contributed by atoms with E-state index in [9.17, 15) is 4.79 Å². The minimum Gasteiger partial charge on any atom is -0.444 e. The molecule has 2 atom stereocenters. The average Bonchev–Trinajstić information content (AvgIpc) is 2.27. The second-order valence-electron chi connectivity index (χ2n) is 2.62. The second kappa shape index (κ2) is 2.01. The van der Waals surface area contributed by atoms with Crippen molar-refractivity contribution in [2.45, 2.75) is 25.0 Å². The molecule has 0 aromatic carbocycles. The molecule has 10 heavy (non-hydrogen) atoms. The first-order valence-electron chi connectivity index (χ1n) is 3.50. The quantitative estimate of drug-likeness (QED) is 0.504. The van der Waals surface area contributed by atoms with E-state index in [-0.39, 0.29) is 18.2 Å². The largest absolute Gasteiger partial charge is 0.444 e. The van der Waals surface area contributed by atoms with Crippen LogP contribution < -0.4 is 5.32 Å². The predicted octanol–water partition coefficient (Wildman–Crippen LogP) is 0.813. The van der Waals surface area contributed by atoms with Crippen LogP contribution in [0.15, 0.2) is 12.2 Å². The standard InChI is InChI=1S/C7H9NO2/c9-7-8-5-3-1-2-4-6(5)10-7/h1,3,5-6H,2,4H2,(H,8,9)/t5-,6-/m0/s1. The van der Waals surface area contributed by atoms with Crippen LogP contribution in [0.3, 0.4) is 0 Å². The fourth-order valence-electron chi connectivity index (χ4n) is 1.39. The van der Waals surface area contributed by atoms with Crippen molar-refractivity contribution < 1.29 is 9.53 Å². The average molecular weight is 139 g/mol. The van der Waals surface area contributed by atoms with Crippen LogP contribution in [0, 0.1) is 0 Å². The predicted molar refractivity (Wildman–Crippen MR) is 35.6 cm³/mol. The van der Waals surface area contributed by atoms with Crippen LogP contribution in [0.1, 0.15) is 12.8 Å². The van der Waals surface area contributed by atoms with Crippen molar-refractivity contribution in [3.63, 3.8) is 0 Å². The van der Waals surface area contributed by atoms with Gasteiger partial charge in [0.05, 0.1) is 6.04 Å². The van der Waals surface area contributed by atoms with E-state index in [4.69, 9.17) is 4.74 Å². The van der Waals surface area contributed by atoms with Crippen LogP contribution in [0.4, 0.5) is 4.79 Å². The Kier molecular flexibility index (Phi) is 1.16. The lowest BCUT2D eigenvalue weighted by molar-refractivity contribution is 0.129. The summed E-state index contributed by atoms with van der Waals surface area (Å²) < 4.78 is 4.96. The highest BCUT2D eigenvalue weighted by Crippen LogP contribution is 2.19. The number of nitrogens with one attached hydrogen (secondary N) is 1. The molecule has 3 nitrogen and oxygen atoms in total. The lowest BCUT2D eigenvalue weighted by atomic mass is 10.0. The third-order valence-corrected chi connectivity index (χ3v) is 1.90. The molecule has 0 spiro atoms. The molecule has 0 aromatic rings. The SMILES string of the molecule is O=C1N[C@H]2C=CCC[C@@H]2O1. The number of rotatable bonds is 0. The van der Waals surface area contributed by atoms with E-state index in [2.05, 4.69) is 11.4 Å². The third-order valence-electron chi connectivity index (χ3n) is 1.90. The number of alkyl carbamates (subject to hydrolysis) is 1. The van der Waals surface area contributed by atoms with Crippen LogP contribution in [0.5, 0.6) is 0 Å². The maximum absolute atomic E-state index is 10.6. The molecule has 1 saturated heterocycles. The van der Waals surface area contributed by atoms with Crippen molar-refractivity contribution in [1.82, 2.24) is 5.32 Å². The molecule has 0 radical (unpaired) electrons. The van der Waals surface area contributed by atoms with Crippen molar-refractivity contribution in [3.8, 4) is 0 Å². The van der Waals surface area contributed by atoms with Gasteiger partial charge in [0.1, 0.15) is 6.10 Å². The maximum atomic E-state index is 10.6. The summed E-state index contributed by atoms with van der Waals surface area (Å²) in [4.78, 5) is 10.6. The van der Waals surface area contributed by atoms with Gasteiger partial charge in [-0.15, -0.1) is 0 Å². The number of amides is 1. The molecular formula is C7H9NO2. The topological polar surface area (TPSA) is 38.3 Å². The molecular weight excluding hydrogens is 130 g/mol. The molecule has 0 aromatic heterocycles. The summed E-state index contributed by atoms with van der Waals surface area (Å²) in [6, 6.07) is 0.140. The molecule has 1 aliphatic heterocycles. The maximum Gasteiger partial charge on any atom is 0.408 e. The van der Waals surface area contributed by atoms with Crippen LogP contribution >= 0.6 is 0 Å². The molecule has 1 amide bonds. The highest BCUT2D eigenvalue weighted by Gasteiger charge is 2.32. The second-order valence-corrected chi connectivity index (χ2v) is 2.62. The molecule has 0 unspecified atom stereocenters. The van der Waals surface area contributed by atoms with E-state index in [0.717, 1.165) is 12.8 Å². The Hall–Kier alpha value is -0.990. The first-order valence-corrected chi connectivity index (χ1v) is 3.50. The molecule has 0 bridgehead atoms. The van der Waals surface area contributed by atoms with Crippen LogP contribution in [-0.2, 0) is 4.74 Å². The zero-order chi connectivity index (χ0) is 6.97. The summed E-state index contributed by atoms with van der Waals surface area (Å²) in [5, 5.41) is 2.71. The van der Waals surface area contributed by atoms with Crippen molar-refractivity contribution in [3.05, 3.63) is 12.2 Å². The number of hydrogen-bond acceptors (Lipinski definition) is 2. The van der Waals surface area contributed by atoms with E-state index in [1.165, 1.54) is 0 Å². The van der Waals surface area contributed by atoms with Gasteiger partial charge in [-0.25, -0.2) is 4.79 Å². The van der Waals surface area contributed by atoms with Gasteiger partial charge in [-0.3, -0.25) is 0 Å². The Balaban J connectivity index is 2.15. The van der Waals surface area contributed by atoms with Crippen molar-refractivity contribution >= 4 is 6.09 Å². The first kappa shape index (κ1) is 5.77. The zero-order valence-corrected chi connectivity index (χ0v) is 5.54. The Morgan fingerprint density at radius 1 is 1.70 bits per heavy atom. The fourth-order valence-corrected chi connectivity index (χ4v) is 1.39. The lowest BCUT2D eigenvalue weighted by Crippen LogP contribution is -2.30. The summed E-state index contributed by atoms with van der Waals surface area (Å²) in [5.74, 6) is 0. The van der Waals surface area contributed by atoms with Crippen LogP contribution in [-0.4, -0.2) is 18.2 Å². The van der Waals surface area contributed by atoms with Gasteiger partial charge in [0.15, 0.2) is 0 Å². The van der Waals surface area contributed by atoms with Crippen molar-refractivity contribution in [2.24, 2.45) is 0 Å².